The molecular weight excluding hydrogens is 208 g/mol. The third kappa shape index (κ3) is 2.93. The second-order valence-electron chi connectivity index (χ2n) is 5.39. The lowest BCUT2D eigenvalue weighted by Gasteiger charge is -2.21. The first-order valence-corrected chi connectivity index (χ1v) is 6.66. The van der Waals surface area contributed by atoms with E-state index in [9.17, 15) is 0 Å². The molecule has 1 aliphatic rings. The van der Waals surface area contributed by atoms with Crippen molar-refractivity contribution in [3.8, 4) is 0 Å². The van der Waals surface area contributed by atoms with E-state index in [1.165, 1.54) is 36.2 Å². The van der Waals surface area contributed by atoms with Gasteiger partial charge in [0, 0.05) is 31.5 Å². The predicted octanol–water partition coefficient (Wildman–Crippen LogP) is 3.66. The third-order valence-corrected chi connectivity index (χ3v) is 3.67. The number of rotatable bonds is 5. The highest BCUT2D eigenvalue weighted by Crippen LogP contribution is 2.36. The van der Waals surface area contributed by atoms with Gasteiger partial charge in [-0.2, -0.15) is 0 Å². The van der Waals surface area contributed by atoms with Crippen LogP contribution in [-0.2, 0) is 0 Å². The van der Waals surface area contributed by atoms with E-state index in [-0.39, 0.29) is 0 Å². The molecule has 2 rings (SSSR count). The van der Waals surface area contributed by atoms with Gasteiger partial charge in [0.05, 0.1) is 0 Å². The molecule has 1 unspecified atom stereocenters. The van der Waals surface area contributed by atoms with Gasteiger partial charge in [-0.1, -0.05) is 13.0 Å². The van der Waals surface area contributed by atoms with E-state index >= 15 is 0 Å². The minimum Gasteiger partial charge on any atom is -0.382 e. The summed E-state index contributed by atoms with van der Waals surface area (Å²) in [6.07, 6.45) is 4.02. The van der Waals surface area contributed by atoms with Gasteiger partial charge >= 0.3 is 0 Å². The van der Waals surface area contributed by atoms with E-state index in [2.05, 4.69) is 56.4 Å². The molecule has 0 bridgehead atoms. The van der Waals surface area contributed by atoms with Crippen LogP contribution in [0.1, 0.15) is 31.7 Å². The van der Waals surface area contributed by atoms with E-state index in [0.717, 1.165) is 5.92 Å². The van der Waals surface area contributed by atoms with Crippen LogP contribution in [0.4, 0.5) is 11.4 Å². The lowest BCUT2D eigenvalue weighted by atomic mass is 10.1. The van der Waals surface area contributed by atoms with E-state index in [1.54, 1.807) is 0 Å². The molecule has 1 atom stereocenters. The summed E-state index contributed by atoms with van der Waals surface area (Å²) in [4.78, 5) is 2.18. The zero-order valence-electron chi connectivity index (χ0n) is 11.5. The maximum atomic E-state index is 3.69. The normalized spacial score (nSPS) is 16.7. The summed E-state index contributed by atoms with van der Waals surface area (Å²) in [6.45, 7) is 4.44. The van der Waals surface area contributed by atoms with Crippen molar-refractivity contribution < 1.29 is 0 Å². The van der Waals surface area contributed by atoms with Crippen LogP contribution in [0.2, 0.25) is 0 Å². The average molecular weight is 232 g/mol. The zero-order chi connectivity index (χ0) is 12.4. The average Bonchev–Trinajstić information content (AvgIpc) is 3.11. The topological polar surface area (TPSA) is 15.3 Å². The number of hydrogen-bond donors (Lipinski definition) is 1. The van der Waals surface area contributed by atoms with Gasteiger partial charge in [-0.15, -0.1) is 0 Å². The quantitative estimate of drug-likeness (QED) is 0.833. The van der Waals surface area contributed by atoms with Crippen LogP contribution < -0.4 is 10.2 Å². The number of hydrogen-bond acceptors (Lipinski definition) is 2. The number of nitrogens with zero attached hydrogens (tertiary/aromatic N) is 1. The number of anilines is 2. The van der Waals surface area contributed by atoms with Gasteiger partial charge < -0.3 is 10.2 Å². The van der Waals surface area contributed by atoms with Crippen LogP contribution in [0.5, 0.6) is 0 Å². The van der Waals surface area contributed by atoms with Crippen molar-refractivity contribution in [1.82, 2.24) is 0 Å². The molecule has 17 heavy (non-hydrogen) atoms. The summed E-state index contributed by atoms with van der Waals surface area (Å²) >= 11 is 0. The molecule has 0 aromatic heterocycles. The molecule has 1 N–H and O–H groups in total. The molecular formula is C15H24N2. The number of aryl methyl sites for hydroxylation is 1. The summed E-state index contributed by atoms with van der Waals surface area (Å²) in [5.74, 6) is 0.907. The maximum absolute atomic E-state index is 3.69. The monoisotopic (exact) mass is 232 g/mol. The van der Waals surface area contributed by atoms with Crippen molar-refractivity contribution >= 4 is 11.4 Å². The van der Waals surface area contributed by atoms with Crippen LogP contribution in [-0.4, -0.2) is 20.1 Å². The highest BCUT2D eigenvalue weighted by atomic mass is 15.1. The summed E-state index contributed by atoms with van der Waals surface area (Å²) in [5.41, 5.74) is 3.90. The van der Waals surface area contributed by atoms with E-state index in [1.807, 2.05) is 0 Å². The first-order valence-electron chi connectivity index (χ1n) is 6.66. The van der Waals surface area contributed by atoms with Crippen LogP contribution in [0.3, 0.4) is 0 Å². The lowest BCUT2D eigenvalue weighted by Crippen LogP contribution is -2.21. The Bertz CT molecular complexity index is 381. The van der Waals surface area contributed by atoms with Crippen molar-refractivity contribution in [3.63, 3.8) is 0 Å². The van der Waals surface area contributed by atoms with Crippen molar-refractivity contribution in [2.75, 3.05) is 24.3 Å². The van der Waals surface area contributed by atoms with E-state index < -0.39 is 0 Å². The Labute approximate surface area is 105 Å². The Balaban J connectivity index is 2.12. The molecule has 0 saturated heterocycles. The van der Waals surface area contributed by atoms with Crippen molar-refractivity contribution in [2.45, 2.75) is 39.2 Å². The van der Waals surface area contributed by atoms with Crippen LogP contribution in [0.15, 0.2) is 18.2 Å². The molecule has 94 valence electrons. The lowest BCUT2D eigenvalue weighted by molar-refractivity contribution is 0.616. The van der Waals surface area contributed by atoms with Crippen LogP contribution >= 0.6 is 0 Å². The molecule has 1 saturated carbocycles. The minimum absolute atomic E-state index is 0.660. The Morgan fingerprint density at radius 3 is 2.59 bits per heavy atom. The van der Waals surface area contributed by atoms with E-state index in [4.69, 9.17) is 0 Å². The van der Waals surface area contributed by atoms with Crippen molar-refractivity contribution in [1.29, 1.82) is 0 Å². The molecule has 2 nitrogen and oxygen atoms in total. The molecule has 0 aliphatic heterocycles. The van der Waals surface area contributed by atoms with Gasteiger partial charge in [-0.25, -0.2) is 0 Å². The zero-order valence-corrected chi connectivity index (χ0v) is 11.5. The van der Waals surface area contributed by atoms with E-state index in [0.29, 0.717) is 6.04 Å². The fourth-order valence-electron chi connectivity index (χ4n) is 2.45. The summed E-state index contributed by atoms with van der Waals surface area (Å²) < 4.78 is 0. The highest BCUT2D eigenvalue weighted by Gasteiger charge is 2.29. The molecule has 0 spiro atoms. The Morgan fingerprint density at radius 1 is 1.35 bits per heavy atom. The third-order valence-electron chi connectivity index (χ3n) is 3.67. The smallest absolute Gasteiger partial charge is 0.0411 e. The predicted molar refractivity (Wildman–Crippen MR) is 75.9 cm³/mol. The fraction of sp³-hybridized carbons (Fsp3) is 0.600. The fourth-order valence-corrected chi connectivity index (χ4v) is 2.45. The highest BCUT2D eigenvalue weighted by molar-refractivity contribution is 5.62. The van der Waals surface area contributed by atoms with Gasteiger partial charge in [-0.05, 0) is 49.8 Å². The largest absolute Gasteiger partial charge is 0.382 e. The van der Waals surface area contributed by atoms with Crippen LogP contribution in [0, 0.1) is 12.8 Å². The molecule has 1 fully saturated rings. The number of nitrogens with one attached hydrogen (secondary N) is 1. The molecule has 0 heterocycles. The molecule has 0 radical (unpaired) electrons. The summed E-state index contributed by atoms with van der Waals surface area (Å²) in [6, 6.07) is 7.33. The summed E-state index contributed by atoms with van der Waals surface area (Å²) in [5, 5.41) is 3.69. The first kappa shape index (κ1) is 12.3. The minimum atomic E-state index is 0.660. The molecule has 1 aromatic rings. The van der Waals surface area contributed by atoms with Crippen molar-refractivity contribution in [3.05, 3.63) is 23.8 Å². The Morgan fingerprint density at radius 2 is 2.06 bits per heavy atom. The summed E-state index contributed by atoms with van der Waals surface area (Å²) in [7, 11) is 4.20. The van der Waals surface area contributed by atoms with Gasteiger partial charge in [0.15, 0.2) is 0 Å². The Hall–Kier alpha value is -1.18. The van der Waals surface area contributed by atoms with Gasteiger partial charge in [-0.3, -0.25) is 0 Å². The second-order valence-corrected chi connectivity index (χ2v) is 5.39. The van der Waals surface area contributed by atoms with Crippen LogP contribution in [0.25, 0.3) is 0 Å². The molecule has 1 aromatic carbocycles. The molecule has 1 aliphatic carbocycles. The molecule has 0 amide bonds. The molecule has 2 heteroatoms. The van der Waals surface area contributed by atoms with Gasteiger partial charge in [0.25, 0.3) is 0 Å². The van der Waals surface area contributed by atoms with Gasteiger partial charge in [0.1, 0.15) is 0 Å². The second kappa shape index (κ2) is 4.99. The standard InChI is InChI=1S/C15H24N2/c1-5-14(12-7-8-12)16-13-9-6-11(2)15(10-13)17(3)4/h6,9-10,12,14,16H,5,7-8H2,1-4H3. The van der Waals surface area contributed by atoms with Crippen molar-refractivity contribution in [2.24, 2.45) is 5.92 Å². The Kier molecular flexibility index (Phi) is 3.60. The first-order chi connectivity index (χ1) is 8.11. The maximum Gasteiger partial charge on any atom is 0.0411 e. The SMILES string of the molecule is CCC(Nc1ccc(C)c(N(C)C)c1)C1CC1. The number of benzene rings is 1. The van der Waals surface area contributed by atoms with Gasteiger partial charge in [0.2, 0.25) is 0 Å².